The van der Waals surface area contributed by atoms with Crippen LogP contribution in [0.25, 0.3) is 0 Å². The van der Waals surface area contributed by atoms with Crippen LogP contribution in [0.15, 0.2) is 24.4 Å². The van der Waals surface area contributed by atoms with Crippen LogP contribution in [-0.4, -0.2) is 47.9 Å². The van der Waals surface area contributed by atoms with E-state index in [1.54, 1.807) is 6.20 Å². The van der Waals surface area contributed by atoms with Gasteiger partial charge in [-0.15, -0.1) is 0 Å². The lowest BCUT2D eigenvalue weighted by molar-refractivity contribution is 0.189. The summed E-state index contributed by atoms with van der Waals surface area (Å²) in [5.41, 5.74) is 0.0593. The molecule has 0 spiro atoms. The number of anilines is 1. The molecule has 1 aromatic heterocycles. The van der Waals surface area contributed by atoms with Gasteiger partial charge in [0.1, 0.15) is 5.82 Å². The van der Waals surface area contributed by atoms with Gasteiger partial charge in [-0.2, -0.15) is 0 Å². The van der Waals surface area contributed by atoms with Gasteiger partial charge in [-0.1, -0.05) is 26.8 Å². The molecule has 1 aliphatic rings. The second-order valence-corrected chi connectivity index (χ2v) is 7.38. The van der Waals surface area contributed by atoms with Crippen LogP contribution in [0.2, 0.25) is 0 Å². The van der Waals surface area contributed by atoms with E-state index in [0.29, 0.717) is 0 Å². The molecule has 1 saturated heterocycles. The monoisotopic (exact) mass is 320 g/mol. The standard InChI is InChI=1S/C17H28N4O2/c1-17(2,3)10-14(12-22)20-16(23)19-13-7-9-21(11-13)15-6-4-5-8-18-15/h4-6,8,13-14,22H,7,9-12H2,1-3H3,(H2,19,20,23). The van der Waals surface area contributed by atoms with E-state index in [1.807, 2.05) is 18.2 Å². The first kappa shape index (κ1) is 17.5. The number of aliphatic hydroxyl groups excluding tert-OH is 1. The van der Waals surface area contributed by atoms with Crippen LogP contribution in [-0.2, 0) is 0 Å². The van der Waals surface area contributed by atoms with Crippen LogP contribution in [0, 0.1) is 5.41 Å². The van der Waals surface area contributed by atoms with Crippen LogP contribution in [0.3, 0.4) is 0 Å². The minimum atomic E-state index is -0.219. The van der Waals surface area contributed by atoms with Gasteiger partial charge < -0.3 is 20.6 Å². The van der Waals surface area contributed by atoms with Gasteiger partial charge in [0, 0.05) is 25.3 Å². The zero-order valence-corrected chi connectivity index (χ0v) is 14.2. The van der Waals surface area contributed by atoms with Crippen LogP contribution < -0.4 is 15.5 Å². The smallest absolute Gasteiger partial charge is 0.315 e. The van der Waals surface area contributed by atoms with Crippen LogP contribution >= 0.6 is 0 Å². The van der Waals surface area contributed by atoms with E-state index in [4.69, 9.17) is 0 Å². The number of nitrogens with zero attached hydrogens (tertiary/aromatic N) is 2. The van der Waals surface area contributed by atoms with Crippen molar-refractivity contribution >= 4 is 11.8 Å². The summed E-state index contributed by atoms with van der Waals surface area (Å²) >= 11 is 0. The summed E-state index contributed by atoms with van der Waals surface area (Å²) in [6.07, 6.45) is 3.41. The number of urea groups is 1. The van der Waals surface area contributed by atoms with Gasteiger partial charge in [-0.05, 0) is 30.4 Å². The third-order valence-corrected chi connectivity index (χ3v) is 3.91. The fourth-order valence-corrected chi connectivity index (χ4v) is 2.94. The van der Waals surface area contributed by atoms with Crippen molar-refractivity contribution in [2.45, 2.75) is 45.7 Å². The van der Waals surface area contributed by atoms with Crippen molar-refractivity contribution in [1.29, 1.82) is 0 Å². The number of hydrogen-bond acceptors (Lipinski definition) is 4. The molecular formula is C17H28N4O2. The van der Waals surface area contributed by atoms with Crippen LogP contribution in [0.5, 0.6) is 0 Å². The molecule has 0 saturated carbocycles. The summed E-state index contributed by atoms with van der Waals surface area (Å²) in [6, 6.07) is 5.52. The van der Waals surface area contributed by atoms with Gasteiger partial charge in [-0.25, -0.2) is 9.78 Å². The third kappa shape index (κ3) is 5.71. The predicted molar refractivity (Wildman–Crippen MR) is 91.5 cm³/mol. The van der Waals surface area contributed by atoms with Crippen LogP contribution in [0.1, 0.15) is 33.6 Å². The lowest BCUT2D eigenvalue weighted by Crippen LogP contribution is -2.49. The van der Waals surface area contributed by atoms with Gasteiger partial charge in [0.2, 0.25) is 0 Å². The molecule has 3 N–H and O–H groups in total. The third-order valence-electron chi connectivity index (χ3n) is 3.91. The highest BCUT2D eigenvalue weighted by atomic mass is 16.3. The molecule has 128 valence electrons. The van der Waals surface area contributed by atoms with Crippen molar-refractivity contribution < 1.29 is 9.90 Å². The molecule has 2 amide bonds. The van der Waals surface area contributed by atoms with Gasteiger partial charge in [0.15, 0.2) is 0 Å². The second-order valence-electron chi connectivity index (χ2n) is 7.38. The van der Waals surface area contributed by atoms with Crippen molar-refractivity contribution in [1.82, 2.24) is 15.6 Å². The number of nitrogens with one attached hydrogen (secondary N) is 2. The van der Waals surface area contributed by atoms with Crippen LogP contribution in [0.4, 0.5) is 10.6 Å². The molecule has 0 radical (unpaired) electrons. The normalized spacial score (nSPS) is 19.5. The summed E-state index contributed by atoms with van der Waals surface area (Å²) in [4.78, 5) is 18.6. The lowest BCUT2D eigenvalue weighted by atomic mass is 9.88. The Bertz CT molecular complexity index is 501. The number of aliphatic hydroxyl groups is 1. The van der Waals surface area contributed by atoms with E-state index in [9.17, 15) is 9.90 Å². The maximum atomic E-state index is 12.1. The Balaban J connectivity index is 1.80. The highest BCUT2D eigenvalue weighted by molar-refractivity contribution is 5.74. The maximum absolute atomic E-state index is 12.1. The van der Waals surface area contributed by atoms with E-state index in [0.717, 1.165) is 31.7 Å². The van der Waals surface area contributed by atoms with Crippen molar-refractivity contribution in [2.24, 2.45) is 5.41 Å². The zero-order chi connectivity index (χ0) is 16.9. The summed E-state index contributed by atoms with van der Waals surface area (Å²) < 4.78 is 0. The first-order valence-corrected chi connectivity index (χ1v) is 8.21. The van der Waals surface area contributed by atoms with Crippen molar-refractivity contribution in [2.75, 3.05) is 24.6 Å². The Labute approximate surface area is 138 Å². The molecule has 1 aliphatic heterocycles. The van der Waals surface area contributed by atoms with Gasteiger partial charge in [0.25, 0.3) is 0 Å². The second kappa shape index (κ2) is 7.64. The predicted octanol–water partition coefficient (Wildman–Crippen LogP) is 1.76. The van der Waals surface area contributed by atoms with Crippen molar-refractivity contribution in [3.05, 3.63) is 24.4 Å². The molecule has 6 nitrogen and oxygen atoms in total. The molecule has 2 unspecified atom stereocenters. The van der Waals surface area contributed by atoms with E-state index in [2.05, 4.69) is 41.3 Å². The fraction of sp³-hybridized carbons (Fsp3) is 0.647. The Morgan fingerprint density at radius 2 is 2.26 bits per heavy atom. The van der Waals surface area contributed by atoms with Gasteiger partial charge >= 0.3 is 6.03 Å². The molecule has 2 atom stereocenters. The van der Waals surface area contributed by atoms with Crippen molar-refractivity contribution in [3.8, 4) is 0 Å². The SMILES string of the molecule is CC(C)(C)CC(CO)NC(=O)NC1CCN(c2ccccn2)C1. The van der Waals surface area contributed by atoms with E-state index >= 15 is 0 Å². The Kier molecular flexibility index (Phi) is 5.82. The Hall–Kier alpha value is -1.82. The molecule has 0 aromatic carbocycles. The summed E-state index contributed by atoms with van der Waals surface area (Å²) in [7, 11) is 0. The Morgan fingerprint density at radius 1 is 1.48 bits per heavy atom. The minimum Gasteiger partial charge on any atom is -0.394 e. The average molecular weight is 320 g/mol. The highest BCUT2D eigenvalue weighted by Gasteiger charge is 2.26. The molecule has 0 aliphatic carbocycles. The Morgan fingerprint density at radius 3 is 2.87 bits per heavy atom. The van der Waals surface area contributed by atoms with E-state index in [1.165, 1.54) is 0 Å². The van der Waals surface area contributed by atoms with E-state index in [-0.39, 0.29) is 30.1 Å². The molecule has 6 heteroatoms. The summed E-state index contributed by atoms with van der Waals surface area (Å²) in [5.74, 6) is 0.943. The molecule has 2 heterocycles. The summed E-state index contributed by atoms with van der Waals surface area (Å²) in [6.45, 7) is 7.88. The fourth-order valence-electron chi connectivity index (χ4n) is 2.94. The molecule has 1 fully saturated rings. The number of carbonyl (C=O) groups is 1. The average Bonchev–Trinajstić information content (AvgIpc) is 2.94. The first-order chi connectivity index (χ1) is 10.9. The maximum Gasteiger partial charge on any atom is 0.315 e. The molecule has 1 aromatic rings. The zero-order valence-electron chi connectivity index (χ0n) is 14.2. The number of hydrogen-bond donors (Lipinski definition) is 3. The highest BCUT2D eigenvalue weighted by Crippen LogP contribution is 2.21. The lowest BCUT2D eigenvalue weighted by Gasteiger charge is -2.26. The van der Waals surface area contributed by atoms with Gasteiger partial charge in [0.05, 0.1) is 12.6 Å². The summed E-state index contributed by atoms with van der Waals surface area (Å²) in [5, 5.41) is 15.3. The molecule has 23 heavy (non-hydrogen) atoms. The molecule has 0 bridgehead atoms. The van der Waals surface area contributed by atoms with Crippen molar-refractivity contribution in [3.63, 3.8) is 0 Å². The topological polar surface area (TPSA) is 77.5 Å². The number of rotatable bonds is 5. The minimum absolute atomic E-state index is 0.0462. The molecule has 2 rings (SSSR count). The number of amides is 2. The largest absolute Gasteiger partial charge is 0.394 e. The first-order valence-electron chi connectivity index (χ1n) is 8.21. The molecular weight excluding hydrogens is 292 g/mol. The van der Waals surface area contributed by atoms with Gasteiger partial charge in [-0.3, -0.25) is 0 Å². The number of pyridine rings is 1. The quantitative estimate of drug-likeness (QED) is 0.772. The number of carbonyl (C=O) groups excluding carboxylic acids is 1. The van der Waals surface area contributed by atoms with E-state index < -0.39 is 0 Å². The number of aromatic nitrogens is 1.